The maximum Gasteiger partial charge on any atom is 0.262 e. The predicted molar refractivity (Wildman–Crippen MR) is 44.9 cm³/mol. The van der Waals surface area contributed by atoms with Crippen LogP contribution in [0.1, 0.15) is 0 Å². The zero-order valence-electron chi connectivity index (χ0n) is 6.63. The number of nitrogens with one attached hydrogen (secondary N) is 1. The van der Waals surface area contributed by atoms with E-state index < -0.39 is 5.82 Å². The predicted octanol–water partition coefficient (Wildman–Crippen LogP) is 0.739. The van der Waals surface area contributed by atoms with Crippen LogP contribution < -0.4 is 15.8 Å². The van der Waals surface area contributed by atoms with Gasteiger partial charge in [-0.25, -0.2) is 4.39 Å². The Balaban J connectivity index is 2.49. The number of amides is 1. The summed E-state index contributed by atoms with van der Waals surface area (Å²) < 4.78 is 17.9. The van der Waals surface area contributed by atoms with E-state index in [0.29, 0.717) is 11.4 Å². The Labute approximate surface area is 73.5 Å². The summed E-state index contributed by atoms with van der Waals surface area (Å²) >= 11 is 0. The van der Waals surface area contributed by atoms with Crippen molar-refractivity contribution in [1.82, 2.24) is 0 Å². The first-order valence-electron chi connectivity index (χ1n) is 3.68. The van der Waals surface area contributed by atoms with Gasteiger partial charge in [-0.05, 0) is 6.07 Å². The van der Waals surface area contributed by atoms with E-state index >= 15 is 0 Å². The summed E-state index contributed by atoms with van der Waals surface area (Å²) in [5, 5.41) is 2.52. The second-order valence-electron chi connectivity index (χ2n) is 2.71. The molecular weight excluding hydrogens is 175 g/mol. The van der Waals surface area contributed by atoms with Crippen molar-refractivity contribution in [1.29, 1.82) is 0 Å². The summed E-state index contributed by atoms with van der Waals surface area (Å²) in [6.45, 7) is -0.0869. The van der Waals surface area contributed by atoms with Crippen LogP contribution >= 0.6 is 0 Å². The van der Waals surface area contributed by atoms with Gasteiger partial charge in [0.15, 0.2) is 6.61 Å². The highest BCUT2D eigenvalue weighted by molar-refractivity contribution is 5.95. The lowest BCUT2D eigenvalue weighted by molar-refractivity contribution is -0.118. The number of rotatable bonds is 0. The van der Waals surface area contributed by atoms with Crippen LogP contribution in [0.25, 0.3) is 0 Å². The fraction of sp³-hybridized carbons (Fsp3) is 0.125. The number of nitrogen functional groups attached to an aromatic ring is 1. The van der Waals surface area contributed by atoms with Gasteiger partial charge >= 0.3 is 0 Å². The minimum Gasteiger partial charge on any atom is -0.481 e. The second-order valence-corrected chi connectivity index (χ2v) is 2.71. The maximum atomic E-state index is 12.9. The van der Waals surface area contributed by atoms with Gasteiger partial charge in [-0.15, -0.1) is 0 Å². The summed E-state index contributed by atoms with van der Waals surface area (Å²) in [5.41, 5.74) is 5.71. The SMILES string of the molecule is Nc1cc2c(cc1F)OCC(=O)N2. The van der Waals surface area contributed by atoms with Gasteiger partial charge in [0.2, 0.25) is 0 Å². The van der Waals surface area contributed by atoms with E-state index in [2.05, 4.69) is 5.32 Å². The molecule has 4 nitrogen and oxygen atoms in total. The highest BCUT2D eigenvalue weighted by Crippen LogP contribution is 2.31. The molecule has 0 spiro atoms. The number of halogens is 1. The van der Waals surface area contributed by atoms with Gasteiger partial charge in [-0.2, -0.15) is 0 Å². The molecule has 5 heteroatoms. The highest BCUT2D eigenvalue weighted by atomic mass is 19.1. The molecule has 1 aliphatic heterocycles. The van der Waals surface area contributed by atoms with Crippen LogP contribution in [-0.4, -0.2) is 12.5 Å². The van der Waals surface area contributed by atoms with Crippen molar-refractivity contribution in [2.24, 2.45) is 0 Å². The first kappa shape index (κ1) is 7.85. The number of anilines is 2. The Morgan fingerprint density at radius 1 is 1.54 bits per heavy atom. The molecule has 1 heterocycles. The molecule has 0 aliphatic carbocycles. The summed E-state index contributed by atoms with van der Waals surface area (Å²) in [6.07, 6.45) is 0. The number of ether oxygens (including phenoxy) is 1. The van der Waals surface area contributed by atoms with Crippen molar-refractivity contribution >= 4 is 17.3 Å². The minimum absolute atomic E-state index is 0.00968. The standard InChI is InChI=1S/C8H7FN2O2/c9-4-1-7-6(2-5(4)10)11-8(12)3-13-7/h1-2H,3,10H2,(H,11,12). The van der Waals surface area contributed by atoms with E-state index in [9.17, 15) is 9.18 Å². The second kappa shape index (κ2) is 2.62. The molecule has 1 aliphatic rings. The van der Waals surface area contributed by atoms with Crippen LogP contribution in [0, 0.1) is 5.82 Å². The number of hydrogen-bond acceptors (Lipinski definition) is 3. The lowest BCUT2D eigenvalue weighted by Crippen LogP contribution is -2.25. The first-order valence-corrected chi connectivity index (χ1v) is 3.68. The van der Waals surface area contributed by atoms with Gasteiger partial charge in [-0.1, -0.05) is 0 Å². The van der Waals surface area contributed by atoms with Gasteiger partial charge in [0, 0.05) is 6.07 Å². The minimum atomic E-state index is -0.546. The van der Waals surface area contributed by atoms with E-state index in [1.54, 1.807) is 0 Å². The lowest BCUT2D eigenvalue weighted by Gasteiger charge is -2.18. The number of fused-ring (bicyclic) bond motifs is 1. The van der Waals surface area contributed by atoms with Crippen molar-refractivity contribution in [2.45, 2.75) is 0 Å². The molecule has 0 aromatic heterocycles. The number of carbonyl (C=O) groups is 1. The van der Waals surface area contributed by atoms with Crippen molar-refractivity contribution < 1.29 is 13.9 Å². The van der Waals surface area contributed by atoms with E-state index in [1.807, 2.05) is 0 Å². The molecule has 0 saturated heterocycles. The molecule has 3 N–H and O–H groups in total. The number of carbonyl (C=O) groups excluding carboxylic acids is 1. The average Bonchev–Trinajstić information content (AvgIpc) is 2.08. The Morgan fingerprint density at radius 2 is 2.31 bits per heavy atom. The lowest BCUT2D eigenvalue weighted by atomic mass is 10.2. The summed E-state index contributed by atoms with van der Waals surface area (Å²) in [7, 11) is 0. The van der Waals surface area contributed by atoms with Gasteiger partial charge in [0.25, 0.3) is 5.91 Å². The number of hydrogen-bond donors (Lipinski definition) is 2. The molecule has 0 saturated carbocycles. The Kier molecular flexibility index (Phi) is 1.58. The van der Waals surface area contributed by atoms with Crippen LogP contribution in [0.3, 0.4) is 0 Å². The molecule has 0 atom stereocenters. The van der Waals surface area contributed by atoms with Crippen molar-refractivity contribution in [3.05, 3.63) is 17.9 Å². The Bertz CT molecular complexity index is 379. The normalized spacial score (nSPS) is 14.4. The van der Waals surface area contributed by atoms with E-state index in [4.69, 9.17) is 10.5 Å². The molecule has 68 valence electrons. The highest BCUT2D eigenvalue weighted by Gasteiger charge is 2.17. The Morgan fingerprint density at radius 3 is 3.08 bits per heavy atom. The molecule has 13 heavy (non-hydrogen) atoms. The fourth-order valence-corrected chi connectivity index (χ4v) is 1.12. The van der Waals surface area contributed by atoms with Crippen LogP contribution in [0.2, 0.25) is 0 Å². The molecule has 0 fully saturated rings. The smallest absolute Gasteiger partial charge is 0.262 e. The zero-order chi connectivity index (χ0) is 9.42. The van der Waals surface area contributed by atoms with Gasteiger partial charge in [0.1, 0.15) is 11.6 Å². The molecule has 1 aromatic carbocycles. The summed E-state index contributed by atoms with van der Waals surface area (Å²) in [5.74, 6) is -0.500. The molecule has 2 rings (SSSR count). The van der Waals surface area contributed by atoms with Crippen LogP contribution in [-0.2, 0) is 4.79 Å². The molecule has 0 bridgehead atoms. The van der Waals surface area contributed by atoms with Crippen molar-refractivity contribution in [3.8, 4) is 5.75 Å². The first-order chi connectivity index (χ1) is 6.16. The van der Waals surface area contributed by atoms with Crippen LogP contribution in [0.5, 0.6) is 5.75 Å². The fourth-order valence-electron chi connectivity index (χ4n) is 1.12. The average molecular weight is 182 g/mol. The van der Waals surface area contributed by atoms with Crippen molar-refractivity contribution in [2.75, 3.05) is 17.7 Å². The van der Waals surface area contributed by atoms with E-state index in [1.165, 1.54) is 6.07 Å². The zero-order valence-corrected chi connectivity index (χ0v) is 6.63. The molecule has 0 unspecified atom stereocenters. The number of nitrogens with two attached hydrogens (primary N) is 1. The van der Waals surface area contributed by atoms with Gasteiger partial charge in [-0.3, -0.25) is 4.79 Å². The molecule has 1 amide bonds. The van der Waals surface area contributed by atoms with E-state index in [0.717, 1.165) is 6.07 Å². The third-order valence-electron chi connectivity index (χ3n) is 1.73. The van der Waals surface area contributed by atoms with Crippen LogP contribution in [0.15, 0.2) is 12.1 Å². The summed E-state index contributed by atoms with van der Waals surface area (Å²) in [4.78, 5) is 10.9. The third-order valence-corrected chi connectivity index (χ3v) is 1.73. The monoisotopic (exact) mass is 182 g/mol. The third kappa shape index (κ3) is 1.28. The van der Waals surface area contributed by atoms with Gasteiger partial charge in [0.05, 0.1) is 11.4 Å². The number of benzene rings is 1. The Hall–Kier alpha value is -1.78. The van der Waals surface area contributed by atoms with Crippen molar-refractivity contribution in [3.63, 3.8) is 0 Å². The molecule has 1 aromatic rings. The molecular formula is C8H7FN2O2. The topological polar surface area (TPSA) is 64.3 Å². The largest absolute Gasteiger partial charge is 0.481 e. The maximum absolute atomic E-state index is 12.9. The van der Waals surface area contributed by atoms with E-state index in [-0.39, 0.29) is 18.2 Å². The summed E-state index contributed by atoms with van der Waals surface area (Å²) in [6, 6.07) is 2.49. The van der Waals surface area contributed by atoms with Gasteiger partial charge < -0.3 is 15.8 Å². The van der Waals surface area contributed by atoms with Crippen LogP contribution in [0.4, 0.5) is 15.8 Å². The quantitative estimate of drug-likeness (QED) is 0.581. The molecule has 0 radical (unpaired) electrons.